The van der Waals surface area contributed by atoms with Gasteiger partial charge in [-0.05, 0) is 23.7 Å². The van der Waals surface area contributed by atoms with E-state index in [1.165, 1.54) is 6.07 Å². The molecule has 0 bridgehead atoms. The second kappa shape index (κ2) is 6.64. The topological polar surface area (TPSA) is 101 Å². The zero-order valence-electron chi connectivity index (χ0n) is 14.4. The highest BCUT2D eigenvalue weighted by atomic mass is 19.1. The molecular weight excluding hydrogens is 329 g/mol. The highest BCUT2D eigenvalue weighted by molar-refractivity contribution is 5.58. The summed E-state index contributed by atoms with van der Waals surface area (Å²) in [6, 6.07) is 12.4. The van der Waals surface area contributed by atoms with Crippen molar-refractivity contribution in [3.05, 3.63) is 58.6 Å². The summed E-state index contributed by atoms with van der Waals surface area (Å²) >= 11 is 0. The number of rotatable bonds is 2. The minimum atomic E-state index is -1.67. The van der Waals surface area contributed by atoms with E-state index in [-0.39, 0.29) is 17.2 Å². The third-order valence-electron chi connectivity index (χ3n) is 5.41. The number of allylic oxidation sites excluding steroid dienone is 2. The van der Waals surface area contributed by atoms with Crippen LogP contribution < -0.4 is 5.73 Å². The first-order valence-corrected chi connectivity index (χ1v) is 8.44. The molecule has 2 atom stereocenters. The summed E-state index contributed by atoms with van der Waals surface area (Å²) < 4.78 is 14.6. The summed E-state index contributed by atoms with van der Waals surface area (Å²) in [5.74, 6) is -1.40. The third-order valence-corrected chi connectivity index (χ3v) is 5.41. The SMILES string of the molecule is CCN1CC=C2[C@H](C1)[C@@H](c1ccccc1F)C(C#N)=C(N)C2(C#N)C#N. The van der Waals surface area contributed by atoms with Crippen molar-refractivity contribution in [3.8, 4) is 18.2 Å². The Morgan fingerprint density at radius 3 is 2.54 bits per heavy atom. The van der Waals surface area contributed by atoms with Crippen molar-refractivity contribution in [2.45, 2.75) is 12.8 Å². The molecule has 2 aliphatic rings. The monoisotopic (exact) mass is 347 g/mol. The molecule has 1 heterocycles. The Morgan fingerprint density at radius 2 is 1.96 bits per heavy atom. The predicted molar refractivity (Wildman–Crippen MR) is 93.3 cm³/mol. The number of nitrogens with two attached hydrogens (primary N) is 1. The molecule has 0 saturated carbocycles. The second-order valence-electron chi connectivity index (χ2n) is 6.53. The zero-order chi connectivity index (χ0) is 18.9. The van der Waals surface area contributed by atoms with Crippen molar-refractivity contribution in [2.75, 3.05) is 19.6 Å². The van der Waals surface area contributed by atoms with Crippen LogP contribution in [0, 0.1) is 51.1 Å². The molecule has 3 rings (SSSR count). The first kappa shape index (κ1) is 17.7. The maximum absolute atomic E-state index is 14.6. The Morgan fingerprint density at radius 1 is 1.27 bits per heavy atom. The van der Waals surface area contributed by atoms with Gasteiger partial charge in [-0.3, -0.25) is 4.90 Å². The third kappa shape index (κ3) is 2.37. The fourth-order valence-corrected chi connectivity index (χ4v) is 4.03. The van der Waals surface area contributed by atoms with Crippen LogP contribution in [0.3, 0.4) is 0 Å². The molecule has 0 saturated heterocycles. The smallest absolute Gasteiger partial charge is 0.204 e. The Labute approximate surface area is 152 Å². The number of halogens is 1. The number of hydrogen-bond acceptors (Lipinski definition) is 5. The molecule has 1 aromatic carbocycles. The summed E-state index contributed by atoms with van der Waals surface area (Å²) in [6.07, 6.45) is 1.85. The van der Waals surface area contributed by atoms with Gasteiger partial charge in [0.15, 0.2) is 0 Å². The molecule has 130 valence electrons. The van der Waals surface area contributed by atoms with Gasteiger partial charge in [-0.15, -0.1) is 0 Å². The van der Waals surface area contributed by atoms with Crippen LogP contribution in [0.5, 0.6) is 0 Å². The largest absolute Gasteiger partial charge is 0.399 e. The van der Waals surface area contributed by atoms with Crippen LogP contribution in [0.15, 0.2) is 47.2 Å². The van der Waals surface area contributed by atoms with Gasteiger partial charge in [-0.2, -0.15) is 15.8 Å². The van der Waals surface area contributed by atoms with E-state index >= 15 is 0 Å². The van der Waals surface area contributed by atoms with Crippen molar-refractivity contribution < 1.29 is 4.39 Å². The maximum Gasteiger partial charge on any atom is 0.204 e. The molecule has 5 nitrogen and oxygen atoms in total. The van der Waals surface area contributed by atoms with Crippen LogP contribution in [-0.4, -0.2) is 24.5 Å². The second-order valence-corrected chi connectivity index (χ2v) is 6.53. The van der Waals surface area contributed by atoms with Crippen LogP contribution in [0.2, 0.25) is 0 Å². The number of nitrogens with zero attached hydrogens (tertiary/aromatic N) is 4. The Balaban J connectivity index is 2.32. The fourth-order valence-electron chi connectivity index (χ4n) is 4.03. The first-order valence-electron chi connectivity index (χ1n) is 8.44. The minimum Gasteiger partial charge on any atom is -0.399 e. The lowest BCUT2D eigenvalue weighted by atomic mass is 9.60. The van der Waals surface area contributed by atoms with Crippen molar-refractivity contribution >= 4 is 0 Å². The molecule has 2 N–H and O–H groups in total. The minimum absolute atomic E-state index is 0.0781. The molecule has 0 spiro atoms. The lowest BCUT2D eigenvalue weighted by molar-refractivity contribution is 0.233. The van der Waals surface area contributed by atoms with Crippen LogP contribution in [0.25, 0.3) is 0 Å². The molecule has 0 amide bonds. The van der Waals surface area contributed by atoms with E-state index in [9.17, 15) is 20.2 Å². The summed E-state index contributed by atoms with van der Waals surface area (Å²) in [4.78, 5) is 2.14. The standard InChI is InChI=1S/C20H18FN5/c1-2-26-8-7-16-15(10-26)18(13-5-3-4-6-17(13)21)14(9-22)19(25)20(16,11-23)12-24/h3-7,15,18H,2,8,10,25H2,1H3/t15-,18-/m0/s1. The highest BCUT2D eigenvalue weighted by Gasteiger charge is 2.52. The maximum atomic E-state index is 14.6. The summed E-state index contributed by atoms with van der Waals surface area (Å²) in [5.41, 5.74) is 5.49. The quantitative estimate of drug-likeness (QED) is 0.829. The van der Waals surface area contributed by atoms with Gasteiger partial charge in [0.25, 0.3) is 0 Å². The van der Waals surface area contributed by atoms with Gasteiger partial charge in [0.05, 0.1) is 29.5 Å². The van der Waals surface area contributed by atoms with Crippen LogP contribution in [0.1, 0.15) is 18.4 Å². The van der Waals surface area contributed by atoms with Crippen LogP contribution in [-0.2, 0) is 0 Å². The zero-order valence-corrected chi connectivity index (χ0v) is 14.4. The van der Waals surface area contributed by atoms with Gasteiger partial charge in [-0.25, -0.2) is 4.39 Å². The Hall–Kier alpha value is -3.14. The average Bonchev–Trinajstić information content (AvgIpc) is 2.68. The lowest BCUT2D eigenvalue weighted by Gasteiger charge is -2.44. The molecule has 26 heavy (non-hydrogen) atoms. The van der Waals surface area contributed by atoms with E-state index < -0.39 is 17.2 Å². The molecule has 1 aromatic rings. The molecule has 0 aromatic heterocycles. The number of hydrogen-bond donors (Lipinski definition) is 1. The fraction of sp³-hybridized carbons (Fsp3) is 0.350. The summed E-state index contributed by atoms with van der Waals surface area (Å²) in [5, 5.41) is 29.3. The van der Waals surface area contributed by atoms with E-state index in [0.717, 1.165) is 6.54 Å². The Bertz CT molecular complexity index is 911. The molecular formula is C20H18FN5. The number of likely N-dealkylation sites (N-methyl/N-ethyl adjacent to an activating group) is 1. The van der Waals surface area contributed by atoms with Crippen molar-refractivity contribution in [1.29, 1.82) is 15.8 Å². The van der Waals surface area contributed by atoms with Crippen LogP contribution >= 0.6 is 0 Å². The summed E-state index contributed by atoms with van der Waals surface area (Å²) in [6.45, 7) is 3.91. The van der Waals surface area contributed by atoms with E-state index in [2.05, 4.69) is 11.0 Å². The molecule has 0 unspecified atom stereocenters. The predicted octanol–water partition coefficient (Wildman–Crippen LogP) is 2.57. The van der Waals surface area contributed by atoms with Crippen molar-refractivity contribution in [2.24, 2.45) is 17.1 Å². The molecule has 0 fully saturated rings. The van der Waals surface area contributed by atoms with E-state index in [4.69, 9.17) is 5.73 Å². The normalized spacial score (nSPS) is 24.7. The van der Waals surface area contributed by atoms with E-state index in [1.807, 2.05) is 25.1 Å². The van der Waals surface area contributed by atoms with Gasteiger partial charge in [0, 0.05) is 24.9 Å². The lowest BCUT2D eigenvalue weighted by Crippen LogP contribution is -2.47. The number of fused-ring (bicyclic) bond motifs is 1. The average molecular weight is 347 g/mol. The Kier molecular flexibility index (Phi) is 4.51. The molecule has 0 radical (unpaired) electrons. The van der Waals surface area contributed by atoms with Crippen molar-refractivity contribution in [3.63, 3.8) is 0 Å². The number of benzene rings is 1. The summed E-state index contributed by atoms with van der Waals surface area (Å²) in [7, 11) is 0. The molecule has 1 aliphatic heterocycles. The van der Waals surface area contributed by atoms with Gasteiger partial charge in [0.2, 0.25) is 5.41 Å². The van der Waals surface area contributed by atoms with Gasteiger partial charge in [0.1, 0.15) is 5.82 Å². The van der Waals surface area contributed by atoms with Crippen molar-refractivity contribution in [1.82, 2.24) is 4.90 Å². The molecule has 1 aliphatic carbocycles. The van der Waals surface area contributed by atoms with Crippen LogP contribution in [0.4, 0.5) is 4.39 Å². The first-order chi connectivity index (χ1) is 12.5. The van der Waals surface area contributed by atoms with Gasteiger partial charge in [-0.1, -0.05) is 31.2 Å². The number of nitriles is 3. The van der Waals surface area contributed by atoms with Gasteiger partial charge < -0.3 is 5.73 Å². The highest BCUT2D eigenvalue weighted by Crippen LogP contribution is 2.53. The molecule has 6 heteroatoms. The van der Waals surface area contributed by atoms with E-state index in [1.54, 1.807) is 18.2 Å². The van der Waals surface area contributed by atoms with E-state index in [0.29, 0.717) is 24.2 Å². The van der Waals surface area contributed by atoms with Gasteiger partial charge >= 0.3 is 0 Å².